The fraction of sp³-hybridized carbons (Fsp3) is 0.364. The summed E-state index contributed by atoms with van der Waals surface area (Å²) < 4.78 is 28.4. The second-order valence-corrected chi connectivity index (χ2v) is 6.60. The van der Waals surface area contributed by atoms with Crippen molar-refractivity contribution in [2.45, 2.75) is 23.8 Å². The monoisotopic (exact) mass is 339 g/mol. The molecule has 1 aliphatic rings. The number of nitrogens with one attached hydrogen (secondary N) is 1. The molecule has 0 radical (unpaired) electrons. The van der Waals surface area contributed by atoms with Crippen LogP contribution in [0.2, 0.25) is 10.0 Å². The lowest BCUT2D eigenvalue weighted by Crippen LogP contribution is -2.33. The van der Waals surface area contributed by atoms with Crippen LogP contribution in [0.1, 0.15) is 12.8 Å². The van der Waals surface area contributed by atoms with E-state index in [1.807, 2.05) is 0 Å². The van der Waals surface area contributed by atoms with Gasteiger partial charge < -0.3 is 14.6 Å². The Morgan fingerprint density at radius 2 is 2.10 bits per heavy atom. The van der Waals surface area contributed by atoms with Gasteiger partial charge in [0.25, 0.3) is 0 Å². The lowest BCUT2D eigenvalue weighted by molar-refractivity contribution is -0.135. The summed E-state index contributed by atoms with van der Waals surface area (Å²) in [6, 6.07) is 1.48. The van der Waals surface area contributed by atoms with Crippen molar-refractivity contribution in [2.75, 3.05) is 6.54 Å². The maximum atomic E-state index is 12.0. The van der Waals surface area contributed by atoms with Crippen molar-refractivity contribution in [1.82, 2.24) is 5.32 Å². The zero-order valence-corrected chi connectivity index (χ0v) is 12.4. The van der Waals surface area contributed by atoms with Gasteiger partial charge in [0.15, 0.2) is 10.6 Å². The fourth-order valence-corrected chi connectivity index (χ4v) is 3.48. The summed E-state index contributed by atoms with van der Waals surface area (Å²) in [5.74, 6) is -1.62. The Kier molecular flexibility index (Phi) is 4.43. The van der Waals surface area contributed by atoms with Crippen LogP contribution in [-0.4, -0.2) is 32.1 Å². The average Bonchev–Trinajstić information content (AvgIpc) is 2.86. The molecule has 2 rings (SSSR count). The lowest BCUT2D eigenvalue weighted by Gasteiger charge is -2.11. The smallest absolute Gasteiger partial charge is 0.345 e. The summed E-state index contributed by atoms with van der Waals surface area (Å²) in [5, 5.41) is 12.2. The Morgan fingerprint density at radius 1 is 1.40 bits per heavy atom. The summed E-state index contributed by atoms with van der Waals surface area (Å²) >= 11 is 11.3. The molecule has 1 fully saturated rings. The largest absolute Gasteiger partial charge is 0.505 e. The minimum atomic E-state index is -4.48. The number of phenols is 1. The van der Waals surface area contributed by atoms with Gasteiger partial charge >= 0.3 is 16.1 Å². The molecule has 0 unspecified atom stereocenters. The molecular formula is C11H11Cl2NO5S. The molecule has 0 amide bonds. The van der Waals surface area contributed by atoms with E-state index in [0.29, 0.717) is 13.0 Å². The van der Waals surface area contributed by atoms with Crippen LogP contribution in [-0.2, 0) is 19.1 Å². The predicted octanol–water partition coefficient (Wildman–Crippen LogP) is 1.68. The molecule has 0 aromatic heterocycles. The van der Waals surface area contributed by atoms with Crippen molar-refractivity contribution in [1.29, 1.82) is 0 Å². The molecule has 0 spiro atoms. The Hall–Kier alpha value is -1.02. The van der Waals surface area contributed by atoms with E-state index in [1.54, 1.807) is 0 Å². The molecule has 0 aliphatic carbocycles. The van der Waals surface area contributed by atoms with Crippen LogP contribution in [0, 0.1) is 0 Å². The Labute approximate surface area is 125 Å². The molecule has 20 heavy (non-hydrogen) atoms. The Bertz CT molecular complexity index is 640. The molecule has 1 aromatic carbocycles. The summed E-state index contributed by atoms with van der Waals surface area (Å²) in [7, 11) is -4.48. The highest BCUT2D eigenvalue weighted by molar-refractivity contribution is 7.87. The highest BCUT2D eigenvalue weighted by Crippen LogP contribution is 2.35. The minimum absolute atomic E-state index is 0.00131. The molecule has 1 heterocycles. The fourth-order valence-electron chi connectivity index (χ4n) is 1.83. The Morgan fingerprint density at radius 3 is 2.70 bits per heavy atom. The number of carbonyl (C=O) groups excluding carboxylic acids is 1. The number of rotatable bonds is 3. The van der Waals surface area contributed by atoms with E-state index in [1.165, 1.54) is 6.07 Å². The molecule has 6 nitrogen and oxygen atoms in total. The maximum Gasteiger partial charge on any atom is 0.345 e. The second-order valence-electron chi connectivity index (χ2n) is 4.24. The molecule has 9 heteroatoms. The van der Waals surface area contributed by atoms with Crippen molar-refractivity contribution in [3.63, 3.8) is 0 Å². The molecule has 1 aromatic rings. The van der Waals surface area contributed by atoms with Gasteiger partial charge in [-0.15, -0.1) is 0 Å². The molecule has 1 aliphatic heterocycles. The Balaban J connectivity index is 2.28. The van der Waals surface area contributed by atoms with Crippen LogP contribution in [0.25, 0.3) is 0 Å². The van der Waals surface area contributed by atoms with Gasteiger partial charge in [-0.3, -0.25) is 0 Å². The number of carbonyl (C=O) groups is 1. The normalized spacial score (nSPS) is 19.0. The van der Waals surface area contributed by atoms with Crippen LogP contribution < -0.4 is 5.32 Å². The highest BCUT2D eigenvalue weighted by Gasteiger charge is 2.31. The maximum absolute atomic E-state index is 12.0. The molecule has 0 bridgehead atoms. The first-order chi connectivity index (χ1) is 9.31. The quantitative estimate of drug-likeness (QED) is 0.814. The predicted molar refractivity (Wildman–Crippen MR) is 72.4 cm³/mol. The third-order valence-electron chi connectivity index (χ3n) is 2.80. The third kappa shape index (κ3) is 3.17. The van der Waals surface area contributed by atoms with E-state index < -0.39 is 32.8 Å². The highest BCUT2D eigenvalue weighted by atomic mass is 35.5. The molecular weight excluding hydrogens is 329 g/mol. The van der Waals surface area contributed by atoms with Gasteiger partial charge in [-0.2, -0.15) is 8.42 Å². The first kappa shape index (κ1) is 15.4. The second kappa shape index (κ2) is 5.77. The van der Waals surface area contributed by atoms with Crippen LogP contribution >= 0.6 is 23.2 Å². The third-order valence-corrected chi connectivity index (χ3v) is 4.54. The first-order valence-corrected chi connectivity index (χ1v) is 7.87. The number of phenolic OH excluding ortho intramolecular Hbond substituents is 1. The number of benzene rings is 1. The summed E-state index contributed by atoms with van der Waals surface area (Å²) in [6.45, 7) is 0.619. The first-order valence-electron chi connectivity index (χ1n) is 5.71. The van der Waals surface area contributed by atoms with Crippen LogP contribution in [0.3, 0.4) is 0 Å². The van der Waals surface area contributed by atoms with E-state index >= 15 is 0 Å². The molecule has 0 saturated carbocycles. The van der Waals surface area contributed by atoms with E-state index in [9.17, 15) is 18.3 Å². The van der Waals surface area contributed by atoms with Gasteiger partial charge in [0.2, 0.25) is 0 Å². The van der Waals surface area contributed by atoms with Crippen molar-refractivity contribution in [3.05, 3.63) is 22.2 Å². The zero-order valence-electron chi connectivity index (χ0n) is 10.1. The van der Waals surface area contributed by atoms with Gasteiger partial charge in [-0.25, -0.2) is 4.79 Å². The average molecular weight is 340 g/mol. The van der Waals surface area contributed by atoms with Crippen molar-refractivity contribution in [3.8, 4) is 5.75 Å². The van der Waals surface area contributed by atoms with Gasteiger partial charge in [0, 0.05) is 5.02 Å². The van der Waals surface area contributed by atoms with Crippen LogP contribution in [0.15, 0.2) is 17.0 Å². The molecule has 2 N–H and O–H groups in total. The van der Waals surface area contributed by atoms with Crippen LogP contribution in [0.5, 0.6) is 5.75 Å². The van der Waals surface area contributed by atoms with Crippen molar-refractivity contribution >= 4 is 39.3 Å². The van der Waals surface area contributed by atoms with Gasteiger partial charge in [-0.1, -0.05) is 23.2 Å². The summed E-state index contributed by atoms with van der Waals surface area (Å²) in [4.78, 5) is 11.1. The summed E-state index contributed by atoms with van der Waals surface area (Å²) in [5.41, 5.74) is 0. The van der Waals surface area contributed by atoms with Gasteiger partial charge in [0.05, 0.1) is 5.02 Å². The van der Waals surface area contributed by atoms with E-state index in [-0.39, 0.29) is 10.0 Å². The summed E-state index contributed by atoms with van der Waals surface area (Å²) in [6.07, 6.45) is 1.25. The number of hydrogen-bond acceptors (Lipinski definition) is 6. The molecule has 110 valence electrons. The SMILES string of the molecule is O=C(OS(=O)(=O)c1cc(Cl)cc(Cl)c1O)[C@H]1CCCN1. The van der Waals surface area contributed by atoms with Gasteiger partial charge in [0.1, 0.15) is 6.04 Å². The number of halogens is 2. The zero-order chi connectivity index (χ0) is 14.9. The van der Waals surface area contributed by atoms with E-state index in [0.717, 1.165) is 12.5 Å². The van der Waals surface area contributed by atoms with E-state index in [4.69, 9.17) is 23.2 Å². The van der Waals surface area contributed by atoms with Crippen LogP contribution in [0.4, 0.5) is 0 Å². The minimum Gasteiger partial charge on any atom is -0.505 e. The topological polar surface area (TPSA) is 92.7 Å². The van der Waals surface area contributed by atoms with E-state index in [2.05, 4.69) is 9.50 Å². The van der Waals surface area contributed by atoms with Gasteiger partial charge in [-0.05, 0) is 31.5 Å². The lowest BCUT2D eigenvalue weighted by atomic mass is 10.2. The number of hydrogen-bond donors (Lipinski definition) is 2. The molecule has 1 atom stereocenters. The standard InChI is InChI=1S/C11H11Cl2NO5S/c12-6-4-7(13)10(15)9(5-6)20(17,18)19-11(16)8-2-1-3-14-8/h4-5,8,14-15H,1-3H2/t8-/m1/s1. The van der Waals surface area contributed by atoms with Crippen molar-refractivity contribution < 1.29 is 22.5 Å². The number of aromatic hydroxyl groups is 1. The molecule has 1 saturated heterocycles. The van der Waals surface area contributed by atoms with Crippen molar-refractivity contribution in [2.24, 2.45) is 0 Å².